The average molecular weight is 306 g/mol. The summed E-state index contributed by atoms with van der Waals surface area (Å²) in [5.41, 5.74) is 0.320. The highest BCUT2D eigenvalue weighted by Gasteiger charge is 2.39. The lowest BCUT2D eigenvalue weighted by Crippen LogP contribution is -2.57. The Hall–Kier alpha value is -1.10. The molecule has 0 amide bonds. The van der Waals surface area contributed by atoms with Crippen LogP contribution in [0.25, 0.3) is 0 Å². The Morgan fingerprint density at radius 1 is 1.09 bits per heavy atom. The fraction of sp³-hybridized carbons (Fsp3) is 0.882. The number of piperidine rings is 1. The van der Waals surface area contributed by atoms with Crippen molar-refractivity contribution in [2.45, 2.75) is 70.3 Å². The van der Waals surface area contributed by atoms with E-state index < -0.39 is 0 Å². The summed E-state index contributed by atoms with van der Waals surface area (Å²) in [6.45, 7) is 5.60. The largest absolute Gasteiger partial charge is 0.339 e. The summed E-state index contributed by atoms with van der Waals surface area (Å²) in [6.07, 6.45) is 11.6. The Kier molecular flexibility index (Phi) is 5.01. The first-order valence-electron chi connectivity index (χ1n) is 9.02. The van der Waals surface area contributed by atoms with Crippen molar-refractivity contribution in [3.63, 3.8) is 0 Å². The number of hydrogen-bond acceptors (Lipinski definition) is 5. The lowest BCUT2D eigenvalue weighted by molar-refractivity contribution is 0.0393. The summed E-state index contributed by atoms with van der Waals surface area (Å²) in [5.74, 6) is 1.48. The quantitative estimate of drug-likeness (QED) is 0.835. The van der Waals surface area contributed by atoms with Gasteiger partial charge in [0.05, 0.1) is 0 Å². The van der Waals surface area contributed by atoms with Crippen LogP contribution in [0.4, 0.5) is 5.95 Å². The van der Waals surface area contributed by atoms with E-state index in [0.717, 1.165) is 24.8 Å². The molecule has 1 aromatic rings. The molecule has 0 aromatic carbocycles. The van der Waals surface area contributed by atoms with E-state index in [1.54, 1.807) is 0 Å². The maximum absolute atomic E-state index is 5.29. The summed E-state index contributed by atoms with van der Waals surface area (Å²) in [7, 11) is 2.12. The van der Waals surface area contributed by atoms with E-state index in [2.05, 4.69) is 27.0 Å². The molecule has 5 heteroatoms. The fourth-order valence-electron chi connectivity index (χ4n) is 4.21. The van der Waals surface area contributed by atoms with Crippen molar-refractivity contribution in [1.82, 2.24) is 15.0 Å². The van der Waals surface area contributed by atoms with Crippen molar-refractivity contribution in [2.24, 2.45) is 0 Å². The number of likely N-dealkylation sites (tertiary alicyclic amines) is 1. The number of aromatic nitrogens is 2. The van der Waals surface area contributed by atoms with Gasteiger partial charge in [0.1, 0.15) is 0 Å². The lowest BCUT2D eigenvalue weighted by atomic mass is 9.79. The van der Waals surface area contributed by atoms with Gasteiger partial charge in [0.25, 0.3) is 5.95 Å². The SMILES string of the molecule is CCc1nc(N(C)CC2(N3CCCCC3)CCCCC2)no1. The van der Waals surface area contributed by atoms with Gasteiger partial charge < -0.3 is 9.42 Å². The Morgan fingerprint density at radius 2 is 1.77 bits per heavy atom. The zero-order valence-corrected chi connectivity index (χ0v) is 14.2. The molecule has 2 fully saturated rings. The van der Waals surface area contributed by atoms with Gasteiger partial charge in [-0.05, 0) is 43.9 Å². The van der Waals surface area contributed by atoms with Gasteiger partial charge in [-0.2, -0.15) is 4.98 Å². The molecule has 2 heterocycles. The first kappa shape index (κ1) is 15.8. The Morgan fingerprint density at radius 3 is 2.41 bits per heavy atom. The van der Waals surface area contributed by atoms with Gasteiger partial charge in [-0.25, -0.2) is 0 Å². The van der Waals surface area contributed by atoms with Crippen molar-refractivity contribution < 1.29 is 4.52 Å². The fourth-order valence-corrected chi connectivity index (χ4v) is 4.21. The van der Waals surface area contributed by atoms with Crippen molar-refractivity contribution in [3.05, 3.63) is 5.89 Å². The van der Waals surface area contributed by atoms with E-state index in [4.69, 9.17) is 4.52 Å². The molecule has 5 nitrogen and oxygen atoms in total. The average Bonchev–Trinajstić information content (AvgIpc) is 3.06. The number of nitrogens with zero attached hydrogens (tertiary/aromatic N) is 4. The third-order valence-electron chi connectivity index (χ3n) is 5.44. The van der Waals surface area contributed by atoms with E-state index in [9.17, 15) is 0 Å². The molecule has 0 bridgehead atoms. The highest BCUT2D eigenvalue weighted by Crippen LogP contribution is 2.36. The molecule has 3 rings (SSSR count). The van der Waals surface area contributed by atoms with Crippen molar-refractivity contribution in [3.8, 4) is 0 Å². The first-order chi connectivity index (χ1) is 10.7. The van der Waals surface area contributed by atoms with Gasteiger partial charge in [0, 0.05) is 25.6 Å². The van der Waals surface area contributed by atoms with Gasteiger partial charge in [0.2, 0.25) is 5.89 Å². The zero-order valence-electron chi connectivity index (χ0n) is 14.2. The van der Waals surface area contributed by atoms with Crippen LogP contribution in [-0.2, 0) is 6.42 Å². The molecule has 1 aliphatic carbocycles. The third kappa shape index (κ3) is 3.29. The third-order valence-corrected chi connectivity index (χ3v) is 5.44. The van der Waals surface area contributed by atoms with E-state index in [0.29, 0.717) is 5.54 Å². The van der Waals surface area contributed by atoms with Crippen LogP contribution in [0, 0.1) is 0 Å². The summed E-state index contributed by atoms with van der Waals surface area (Å²) in [6, 6.07) is 0. The van der Waals surface area contributed by atoms with E-state index >= 15 is 0 Å². The van der Waals surface area contributed by atoms with Crippen LogP contribution < -0.4 is 4.90 Å². The van der Waals surface area contributed by atoms with Crippen molar-refractivity contribution >= 4 is 5.95 Å². The van der Waals surface area contributed by atoms with Gasteiger partial charge in [-0.15, -0.1) is 0 Å². The molecule has 1 aromatic heterocycles. The Bertz CT molecular complexity index is 461. The monoisotopic (exact) mass is 306 g/mol. The lowest BCUT2D eigenvalue weighted by Gasteiger charge is -2.49. The van der Waals surface area contributed by atoms with Crippen LogP contribution in [0.15, 0.2) is 4.52 Å². The Balaban J connectivity index is 1.74. The number of rotatable bonds is 5. The second kappa shape index (κ2) is 6.99. The predicted molar refractivity (Wildman–Crippen MR) is 88.2 cm³/mol. The maximum Gasteiger partial charge on any atom is 0.265 e. The number of hydrogen-bond donors (Lipinski definition) is 0. The molecule has 1 aliphatic heterocycles. The maximum atomic E-state index is 5.29. The molecule has 124 valence electrons. The second-order valence-electron chi connectivity index (χ2n) is 7.03. The molecule has 0 spiro atoms. The minimum Gasteiger partial charge on any atom is -0.339 e. The van der Waals surface area contributed by atoms with Gasteiger partial charge in [-0.3, -0.25) is 4.90 Å². The molecular weight excluding hydrogens is 276 g/mol. The highest BCUT2D eigenvalue weighted by molar-refractivity contribution is 5.27. The van der Waals surface area contributed by atoms with E-state index in [1.807, 2.05) is 6.92 Å². The molecule has 22 heavy (non-hydrogen) atoms. The summed E-state index contributed by atoms with van der Waals surface area (Å²) < 4.78 is 5.29. The molecule has 0 atom stereocenters. The van der Waals surface area contributed by atoms with Crippen LogP contribution in [0.3, 0.4) is 0 Å². The Labute approximate surface area is 134 Å². The standard InChI is InChI=1S/C17H30N4O/c1-3-15-18-16(19-22-15)20(2)14-17(10-6-4-7-11-17)21-12-8-5-9-13-21/h3-14H2,1-2H3. The van der Waals surface area contributed by atoms with Gasteiger partial charge in [-0.1, -0.05) is 32.6 Å². The van der Waals surface area contributed by atoms with Crippen molar-refractivity contribution in [1.29, 1.82) is 0 Å². The highest BCUT2D eigenvalue weighted by atomic mass is 16.5. The summed E-state index contributed by atoms with van der Waals surface area (Å²) in [4.78, 5) is 9.48. The number of anilines is 1. The second-order valence-corrected chi connectivity index (χ2v) is 7.03. The molecule has 0 unspecified atom stereocenters. The van der Waals surface area contributed by atoms with Crippen LogP contribution in [0.5, 0.6) is 0 Å². The van der Waals surface area contributed by atoms with Gasteiger partial charge >= 0.3 is 0 Å². The van der Waals surface area contributed by atoms with Gasteiger partial charge in [0.15, 0.2) is 0 Å². The number of likely N-dealkylation sites (N-methyl/N-ethyl adjacent to an activating group) is 1. The van der Waals surface area contributed by atoms with Crippen LogP contribution in [0.2, 0.25) is 0 Å². The molecule has 2 aliphatic rings. The number of aryl methyl sites for hydroxylation is 1. The van der Waals surface area contributed by atoms with E-state index in [-0.39, 0.29) is 0 Å². The van der Waals surface area contributed by atoms with Crippen LogP contribution in [0.1, 0.15) is 64.2 Å². The predicted octanol–water partition coefficient (Wildman–Crippen LogP) is 3.26. The minimum atomic E-state index is 0.320. The minimum absolute atomic E-state index is 0.320. The van der Waals surface area contributed by atoms with E-state index in [1.165, 1.54) is 64.5 Å². The first-order valence-corrected chi connectivity index (χ1v) is 9.02. The molecule has 0 N–H and O–H groups in total. The van der Waals surface area contributed by atoms with Crippen LogP contribution in [-0.4, -0.2) is 47.3 Å². The van der Waals surface area contributed by atoms with Crippen LogP contribution >= 0.6 is 0 Å². The normalized spacial score (nSPS) is 22.6. The molecule has 1 saturated heterocycles. The van der Waals surface area contributed by atoms with Crippen molar-refractivity contribution in [2.75, 3.05) is 31.6 Å². The summed E-state index contributed by atoms with van der Waals surface area (Å²) in [5, 5.41) is 4.15. The molecular formula is C17H30N4O. The zero-order chi connectivity index (χ0) is 15.4. The molecule has 1 saturated carbocycles. The topological polar surface area (TPSA) is 45.4 Å². The summed E-state index contributed by atoms with van der Waals surface area (Å²) >= 11 is 0. The molecule has 0 radical (unpaired) electrons. The smallest absolute Gasteiger partial charge is 0.265 e.